The van der Waals surface area contributed by atoms with Crippen LogP contribution in [0.1, 0.15) is 48.2 Å². The maximum Gasteiger partial charge on any atom is 0.242 e. The van der Waals surface area contributed by atoms with E-state index in [4.69, 9.17) is 0 Å². The zero-order chi connectivity index (χ0) is 29.8. The van der Waals surface area contributed by atoms with Crippen LogP contribution >= 0.6 is 11.8 Å². The number of amides is 2. The van der Waals surface area contributed by atoms with Gasteiger partial charge in [-0.3, -0.25) is 19.2 Å². The lowest BCUT2D eigenvalue weighted by Crippen LogP contribution is -2.25. The Morgan fingerprint density at radius 1 is 0.605 bits per heavy atom. The average Bonchev–Trinajstić information content (AvgIpc) is 3.04. The van der Waals surface area contributed by atoms with Crippen LogP contribution in [0.3, 0.4) is 0 Å². The van der Waals surface area contributed by atoms with E-state index >= 15 is 0 Å². The van der Waals surface area contributed by atoms with Crippen molar-refractivity contribution < 1.29 is 19.2 Å². The van der Waals surface area contributed by atoms with Gasteiger partial charge in [-0.25, -0.2) is 0 Å². The van der Waals surface area contributed by atoms with Gasteiger partial charge in [0.05, 0.1) is 17.7 Å². The molecule has 6 rings (SSSR count). The number of thioether (sulfide) groups is 1. The smallest absolute Gasteiger partial charge is 0.242 e. The average molecular weight is 583 g/mol. The molecule has 1 unspecified atom stereocenters. The first-order valence-electron chi connectivity index (χ1n) is 13.8. The van der Waals surface area contributed by atoms with Gasteiger partial charge in [-0.05, 0) is 41.5 Å². The van der Waals surface area contributed by atoms with Crippen molar-refractivity contribution in [3.63, 3.8) is 0 Å². The number of hydrogen-bond donors (Lipinski definition) is 2. The Balaban J connectivity index is 1.22. The first kappa shape index (κ1) is 27.9. The molecule has 0 aromatic heterocycles. The van der Waals surface area contributed by atoms with E-state index in [1.165, 1.54) is 11.8 Å². The highest BCUT2D eigenvalue weighted by Gasteiger charge is 2.32. The topological polar surface area (TPSA) is 92.3 Å². The zero-order valence-electron chi connectivity index (χ0n) is 23.0. The van der Waals surface area contributed by atoms with E-state index < -0.39 is 5.25 Å². The molecule has 0 saturated heterocycles. The van der Waals surface area contributed by atoms with E-state index in [0.717, 1.165) is 16.0 Å². The Morgan fingerprint density at radius 2 is 1.21 bits per heavy atom. The molecule has 2 N–H and O–H groups in total. The van der Waals surface area contributed by atoms with Gasteiger partial charge in [0.15, 0.2) is 11.6 Å². The second-order valence-electron chi connectivity index (χ2n) is 10.1. The van der Waals surface area contributed by atoms with Crippen molar-refractivity contribution in [2.45, 2.75) is 16.6 Å². The number of carbonyl (C=O) groups is 4. The molecule has 0 spiro atoms. The Hall–Kier alpha value is -5.27. The first-order chi connectivity index (χ1) is 21.0. The van der Waals surface area contributed by atoms with Crippen molar-refractivity contribution in [1.29, 1.82) is 0 Å². The molecule has 7 heteroatoms. The van der Waals surface area contributed by atoms with Crippen LogP contribution in [-0.2, 0) is 16.0 Å². The minimum absolute atomic E-state index is 0.116. The molecule has 0 saturated carbocycles. The summed E-state index contributed by atoms with van der Waals surface area (Å²) in [5.41, 5.74) is 3.83. The third-order valence-electron chi connectivity index (χ3n) is 7.15. The summed E-state index contributed by atoms with van der Waals surface area (Å²) in [5, 5.41) is 5.20. The highest BCUT2D eigenvalue weighted by Crippen LogP contribution is 2.38. The van der Waals surface area contributed by atoms with Gasteiger partial charge in [0.1, 0.15) is 5.25 Å². The van der Waals surface area contributed by atoms with Crippen LogP contribution in [0.25, 0.3) is 0 Å². The molecular formula is C36H26N2O4S. The summed E-state index contributed by atoms with van der Waals surface area (Å²) in [6.45, 7) is 0. The molecule has 210 valence electrons. The molecule has 6 nitrogen and oxygen atoms in total. The van der Waals surface area contributed by atoms with Crippen molar-refractivity contribution in [2.24, 2.45) is 0 Å². The maximum absolute atomic E-state index is 13.8. The summed E-state index contributed by atoms with van der Waals surface area (Å²) in [6.07, 6.45) is 0.274. The minimum Gasteiger partial charge on any atom is -0.326 e. The van der Waals surface area contributed by atoms with E-state index in [0.29, 0.717) is 22.5 Å². The molecule has 1 atom stereocenters. The molecule has 5 aromatic carbocycles. The van der Waals surface area contributed by atoms with Crippen molar-refractivity contribution in [2.75, 3.05) is 10.6 Å². The third-order valence-corrected chi connectivity index (χ3v) is 8.42. The van der Waals surface area contributed by atoms with E-state index in [9.17, 15) is 19.2 Å². The Kier molecular flexibility index (Phi) is 7.98. The Bertz CT molecular complexity index is 1840. The number of ketones is 2. The summed E-state index contributed by atoms with van der Waals surface area (Å²) >= 11 is 1.35. The Labute approximate surface area is 253 Å². The number of hydrogen-bond acceptors (Lipinski definition) is 5. The van der Waals surface area contributed by atoms with Crippen LogP contribution < -0.4 is 10.6 Å². The number of fused-ring (bicyclic) bond motifs is 2. The summed E-state index contributed by atoms with van der Waals surface area (Å²) < 4.78 is 0. The second-order valence-corrected chi connectivity index (χ2v) is 11.2. The molecular weight excluding hydrogens is 556 g/mol. The fraction of sp³-hybridized carbons (Fsp3) is 0.0556. The van der Waals surface area contributed by atoms with E-state index in [2.05, 4.69) is 10.6 Å². The number of rotatable bonds is 8. The SMILES string of the molecule is O=C(Cc1ccccc1)Nc1ccc(SC(C(=O)Nc2cccc3c2C(=O)c2ccccc2C3=O)c2ccccc2)cc1. The lowest BCUT2D eigenvalue weighted by molar-refractivity contribution is -0.116. The third kappa shape index (κ3) is 6.03. The van der Waals surface area contributed by atoms with Gasteiger partial charge in [-0.15, -0.1) is 11.8 Å². The van der Waals surface area contributed by atoms with Crippen LogP contribution in [0.15, 0.2) is 132 Å². The van der Waals surface area contributed by atoms with Crippen LogP contribution in [0.2, 0.25) is 0 Å². The monoisotopic (exact) mass is 582 g/mol. The van der Waals surface area contributed by atoms with Crippen LogP contribution in [0, 0.1) is 0 Å². The molecule has 5 aromatic rings. The van der Waals surface area contributed by atoms with Crippen molar-refractivity contribution in [3.8, 4) is 0 Å². The fourth-order valence-electron chi connectivity index (χ4n) is 5.09. The standard InChI is InChI=1S/C36H26N2O4S/c39-31(22-23-10-3-1-4-11-23)37-25-18-20-26(21-19-25)43-35(24-12-5-2-6-13-24)36(42)38-30-17-9-16-29-32(30)34(41)28-15-8-7-14-27(28)33(29)40/h1-21,35H,22H2,(H,37,39)(H,38,42). The lowest BCUT2D eigenvalue weighted by atomic mass is 9.83. The molecule has 2 amide bonds. The normalized spacial score (nSPS) is 12.6. The van der Waals surface area contributed by atoms with Crippen molar-refractivity contribution in [3.05, 3.63) is 161 Å². The molecule has 0 fully saturated rings. The van der Waals surface area contributed by atoms with Crippen molar-refractivity contribution in [1.82, 2.24) is 0 Å². The summed E-state index contributed by atoms with van der Waals surface area (Å²) in [7, 11) is 0. The Morgan fingerprint density at radius 3 is 1.91 bits per heavy atom. The molecule has 0 aliphatic heterocycles. The van der Waals surface area contributed by atoms with Crippen LogP contribution in [0.5, 0.6) is 0 Å². The van der Waals surface area contributed by atoms with Crippen LogP contribution in [0.4, 0.5) is 11.4 Å². The van der Waals surface area contributed by atoms with E-state index in [-0.39, 0.29) is 40.9 Å². The maximum atomic E-state index is 13.8. The molecule has 0 radical (unpaired) electrons. The lowest BCUT2D eigenvalue weighted by Gasteiger charge is -2.22. The van der Waals surface area contributed by atoms with Crippen molar-refractivity contribution >= 4 is 46.5 Å². The van der Waals surface area contributed by atoms with Gasteiger partial charge in [-0.1, -0.05) is 97.1 Å². The molecule has 0 heterocycles. The largest absolute Gasteiger partial charge is 0.326 e. The van der Waals surface area contributed by atoms with Gasteiger partial charge in [0, 0.05) is 27.3 Å². The zero-order valence-corrected chi connectivity index (χ0v) is 23.8. The summed E-state index contributed by atoms with van der Waals surface area (Å²) in [6, 6.07) is 37.9. The number of nitrogens with one attached hydrogen (secondary N) is 2. The molecule has 1 aliphatic carbocycles. The van der Waals surface area contributed by atoms with E-state index in [1.54, 1.807) is 54.6 Å². The number of benzene rings is 5. The predicted molar refractivity (Wildman–Crippen MR) is 169 cm³/mol. The number of carbonyl (C=O) groups excluding carboxylic acids is 4. The summed E-state index contributed by atoms with van der Waals surface area (Å²) in [5.74, 6) is -0.986. The van der Waals surface area contributed by atoms with Gasteiger partial charge in [-0.2, -0.15) is 0 Å². The minimum atomic E-state index is -0.655. The highest BCUT2D eigenvalue weighted by molar-refractivity contribution is 8.00. The van der Waals surface area contributed by atoms with E-state index in [1.807, 2.05) is 72.8 Å². The van der Waals surface area contributed by atoms with Gasteiger partial charge in [0.25, 0.3) is 0 Å². The van der Waals surface area contributed by atoms with Gasteiger partial charge in [0.2, 0.25) is 11.8 Å². The fourth-order valence-corrected chi connectivity index (χ4v) is 6.11. The predicted octanol–water partition coefficient (Wildman–Crippen LogP) is 7.12. The molecule has 0 bridgehead atoms. The summed E-state index contributed by atoms with van der Waals surface area (Å²) in [4.78, 5) is 53.8. The van der Waals surface area contributed by atoms with Gasteiger partial charge >= 0.3 is 0 Å². The second kappa shape index (κ2) is 12.3. The first-order valence-corrected chi connectivity index (χ1v) is 14.6. The molecule has 43 heavy (non-hydrogen) atoms. The highest BCUT2D eigenvalue weighted by atomic mass is 32.2. The quantitative estimate of drug-likeness (QED) is 0.187. The van der Waals surface area contributed by atoms with Gasteiger partial charge < -0.3 is 10.6 Å². The molecule has 1 aliphatic rings. The van der Waals surface area contributed by atoms with Crippen LogP contribution in [-0.4, -0.2) is 23.4 Å². The number of anilines is 2.